The second kappa shape index (κ2) is 16.4. The molecule has 0 aliphatic rings. The van der Waals surface area contributed by atoms with Crippen LogP contribution in [0.5, 0.6) is 11.5 Å². The van der Waals surface area contributed by atoms with E-state index < -0.39 is 0 Å². The van der Waals surface area contributed by atoms with Gasteiger partial charge in [0.1, 0.15) is 11.5 Å². The Labute approximate surface area is 284 Å². The highest BCUT2D eigenvalue weighted by atomic mass is 32.1. The maximum absolute atomic E-state index is 6.04. The molecule has 0 fully saturated rings. The van der Waals surface area contributed by atoms with Gasteiger partial charge in [0.2, 0.25) is 0 Å². The third-order valence-corrected chi connectivity index (χ3v) is 9.75. The molecule has 0 amide bonds. The summed E-state index contributed by atoms with van der Waals surface area (Å²) >= 11 is 1.79. The van der Waals surface area contributed by atoms with Crippen LogP contribution in [0.1, 0.15) is 65.2 Å². The number of benzene rings is 4. The highest BCUT2D eigenvalue weighted by Gasteiger charge is 2.11. The number of fused-ring (bicyclic) bond motifs is 1. The minimum atomic E-state index is 0.766. The molecule has 0 radical (unpaired) electrons. The molecule has 0 aliphatic carbocycles. The first-order chi connectivity index (χ1) is 23.2. The molecule has 4 aromatic carbocycles. The van der Waals surface area contributed by atoms with Crippen molar-refractivity contribution in [3.05, 3.63) is 115 Å². The lowest BCUT2D eigenvalue weighted by Gasteiger charge is -2.13. The first-order valence-electron chi connectivity index (χ1n) is 17.3. The van der Waals surface area contributed by atoms with Crippen molar-refractivity contribution in [2.24, 2.45) is 0 Å². The Bertz CT molecular complexity index is 1730. The second-order valence-electron chi connectivity index (χ2n) is 12.2. The van der Waals surface area contributed by atoms with Gasteiger partial charge in [0.25, 0.3) is 0 Å². The molecule has 0 saturated heterocycles. The highest BCUT2D eigenvalue weighted by molar-refractivity contribution is 7.22. The van der Waals surface area contributed by atoms with Gasteiger partial charge in [-0.25, -0.2) is 0 Å². The molecule has 0 saturated carbocycles. The molecule has 2 aromatic heterocycles. The summed E-state index contributed by atoms with van der Waals surface area (Å²) in [7, 11) is 0. The summed E-state index contributed by atoms with van der Waals surface area (Å²) in [5.74, 6) is 1.85. The van der Waals surface area contributed by atoms with E-state index in [1.54, 1.807) is 11.3 Å². The Morgan fingerprint density at radius 1 is 0.511 bits per heavy atom. The average Bonchev–Trinajstić information content (AvgIpc) is 3.57. The number of nitrogens with zero attached hydrogens (tertiary/aromatic N) is 1. The van der Waals surface area contributed by atoms with Gasteiger partial charge < -0.3 is 9.47 Å². The first kappa shape index (κ1) is 32.5. The maximum atomic E-state index is 6.04. The lowest BCUT2D eigenvalue weighted by Crippen LogP contribution is -1.97. The number of pyridine rings is 1. The van der Waals surface area contributed by atoms with E-state index in [-0.39, 0.29) is 0 Å². The van der Waals surface area contributed by atoms with Crippen LogP contribution in [-0.4, -0.2) is 18.2 Å². The van der Waals surface area contributed by atoms with Crippen LogP contribution in [0, 0.1) is 0 Å². The highest BCUT2D eigenvalue weighted by Crippen LogP contribution is 2.36. The first-order valence-corrected chi connectivity index (χ1v) is 18.1. The van der Waals surface area contributed by atoms with E-state index in [9.17, 15) is 0 Å². The molecule has 47 heavy (non-hydrogen) atoms. The Balaban J connectivity index is 1.26. The van der Waals surface area contributed by atoms with Crippen molar-refractivity contribution < 1.29 is 9.47 Å². The van der Waals surface area contributed by atoms with Gasteiger partial charge >= 0.3 is 0 Å². The van der Waals surface area contributed by atoms with Gasteiger partial charge in [-0.3, -0.25) is 4.98 Å². The van der Waals surface area contributed by atoms with Crippen LogP contribution in [0.15, 0.2) is 115 Å². The van der Waals surface area contributed by atoms with Crippen LogP contribution in [-0.2, 0) is 0 Å². The van der Waals surface area contributed by atoms with E-state index in [4.69, 9.17) is 14.5 Å². The molecule has 240 valence electrons. The fourth-order valence-corrected chi connectivity index (χ4v) is 6.91. The fourth-order valence-electron chi connectivity index (χ4n) is 5.87. The molecule has 6 rings (SSSR count). The van der Waals surface area contributed by atoms with Crippen LogP contribution in [0.3, 0.4) is 0 Å². The van der Waals surface area contributed by atoms with Gasteiger partial charge in [-0.15, -0.1) is 11.3 Å². The monoisotopic (exact) mass is 639 g/mol. The minimum absolute atomic E-state index is 0.766. The summed E-state index contributed by atoms with van der Waals surface area (Å²) in [4.78, 5) is 6.11. The second-order valence-corrected chi connectivity index (χ2v) is 13.3. The molecule has 0 N–H and O–H groups in total. The number of aromatic nitrogens is 1. The number of unbranched alkanes of at least 4 members (excludes halogenated alkanes) is 6. The van der Waals surface area contributed by atoms with E-state index in [1.165, 1.54) is 53.5 Å². The van der Waals surface area contributed by atoms with Gasteiger partial charge in [-0.2, -0.15) is 0 Å². The van der Waals surface area contributed by atoms with Crippen LogP contribution >= 0.6 is 11.3 Å². The molecular weight excluding hydrogens is 595 g/mol. The summed E-state index contributed by atoms with van der Waals surface area (Å²) < 4.78 is 13.4. The molecule has 0 unspecified atom stereocenters. The molecule has 4 heteroatoms. The van der Waals surface area contributed by atoms with Crippen molar-refractivity contribution >= 4 is 21.4 Å². The topological polar surface area (TPSA) is 31.4 Å². The van der Waals surface area contributed by atoms with E-state index >= 15 is 0 Å². The Morgan fingerprint density at radius 3 is 1.55 bits per heavy atom. The minimum Gasteiger partial charge on any atom is -0.494 e. The number of ether oxygens (including phenoxy) is 2. The van der Waals surface area contributed by atoms with Crippen molar-refractivity contribution in [3.63, 3.8) is 0 Å². The zero-order valence-electron chi connectivity index (χ0n) is 27.7. The SMILES string of the molecule is CCCCCCOc1ccc(-c2cc(-c3ccc(OCCCCCC)cc3)cc(-c3ccc(-c4cc5ccccc5s4)nc3)c2)cc1. The third kappa shape index (κ3) is 8.69. The maximum Gasteiger partial charge on any atom is 0.119 e. The molecule has 3 nitrogen and oxygen atoms in total. The number of thiophene rings is 1. The summed E-state index contributed by atoms with van der Waals surface area (Å²) in [6, 6.07) is 39.0. The quantitative estimate of drug-likeness (QED) is 0.0988. The lowest BCUT2D eigenvalue weighted by molar-refractivity contribution is 0.305. The molecule has 0 aliphatic heterocycles. The van der Waals surface area contributed by atoms with Crippen LogP contribution in [0.4, 0.5) is 0 Å². The van der Waals surface area contributed by atoms with E-state index in [0.29, 0.717) is 0 Å². The Kier molecular flexibility index (Phi) is 11.4. The van der Waals surface area contributed by atoms with Crippen LogP contribution in [0.25, 0.3) is 54.0 Å². The normalized spacial score (nSPS) is 11.2. The van der Waals surface area contributed by atoms with Crippen molar-refractivity contribution in [3.8, 4) is 55.5 Å². The molecule has 0 atom stereocenters. The summed E-state index contributed by atoms with van der Waals surface area (Å²) in [5, 5.41) is 1.26. The van der Waals surface area contributed by atoms with Crippen molar-refractivity contribution in [1.82, 2.24) is 4.98 Å². The predicted octanol–water partition coefficient (Wildman–Crippen LogP) is 12.9. The fraction of sp³-hybridized carbons (Fsp3) is 0.279. The van der Waals surface area contributed by atoms with Crippen molar-refractivity contribution in [2.75, 3.05) is 13.2 Å². The summed E-state index contributed by atoms with van der Waals surface area (Å²) in [5.41, 5.74) is 7.88. The molecule has 2 heterocycles. The van der Waals surface area contributed by atoms with Gasteiger partial charge in [0.05, 0.1) is 23.8 Å². The van der Waals surface area contributed by atoms with E-state index in [1.807, 2.05) is 6.20 Å². The van der Waals surface area contributed by atoms with Gasteiger partial charge in [-0.1, -0.05) is 101 Å². The molecular formula is C43H45NO2S. The molecule has 6 aromatic rings. The Morgan fingerprint density at radius 2 is 1.04 bits per heavy atom. The summed E-state index contributed by atoms with van der Waals surface area (Å²) in [6.07, 6.45) is 11.6. The predicted molar refractivity (Wildman–Crippen MR) is 201 cm³/mol. The average molecular weight is 640 g/mol. The van der Waals surface area contributed by atoms with Crippen LogP contribution in [0.2, 0.25) is 0 Å². The van der Waals surface area contributed by atoms with Crippen LogP contribution < -0.4 is 9.47 Å². The third-order valence-electron chi connectivity index (χ3n) is 8.62. The summed E-state index contributed by atoms with van der Waals surface area (Å²) in [6.45, 7) is 6.00. The Hall–Kier alpha value is -4.41. The molecule has 0 bridgehead atoms. The zero-order chi connectivity index (χ0) is 32.3. The van der Waals surface area contributed by atoms with Crippen molar-refractivity contribution in [1.29, 1.82) is 0 Å². The largest absolute Gasteiger partial charge is 0.494 e. The molecule has 0 spiro atoms. The van der Waals surface area contributed by atoms with Gasteiger partial charge in [-0.05, 0) is 107 Å². The van der Waals surface area contributed by atoms with Gasteiger partial charge in [0.15, 0.2) is 0 Å². The smallest absolute Gasteiger partial charge is 0.119 e. The lowest BCUT2D eigenvalue weighted by atomic mass is 9.93. The number of hydrogen-bond donors (Lipinski definition) is 0. The van der Waals surface area contributed by atoms with E-state index in [2.05, 4.69) is 123 Å². The number of hydrogen-bond acceptors (Lipinski definition) is 4. The number of rotatable bonds is 16. The van der Waals surface area contributed by atoms with E-state index in [0.717, 1.165) is 76.6 Å². The van der Waals surface area contributed by atoms with Crippen molar-refractivity contribution in [2.45, 2.75) is 65.2 Å². The van der Waals surface area contributed by atoms with Gasteiger partial charge in [0, 0.05) is 16.5 Å². The standard InChI is InChI=1S/C43H45NO2S/c1-3-5-7-11-25-45-39-20-15-32(16-21-39)36-27-37(33-17-22-40(23-18-33)46-26-12-8-6-4-2)29-38(28-36)35-19-24-41(44-31-35)43-30-34-13-9-10-14-42(34)47-43/h9-10,13-24,27-31H,3-8,11-12,25-26H2,1-2H3. The zero-order valence-corrected chi connectivity index (χ0v) is 28.5.